The zero-order chi connectivity index (χ0) is 11.0. The third kappa shape index (κ3) is 1.55. The molecule has 0 saturated carbocycles. The van der Waals surface area contributed by atoms with Gasteiger partial charge in [-0.3, -0.25) is 4.79 Å². The Morgan fingerprint density at radius 1 is 1.38 bits per heavy atom. The van der Waals surface area contributed by atoms with E-state index in [0.717, 1.165) is 10.6 Å². The molecule has 0 spiro atoms. The van der Waals surface area contributed by atoms with Crippen LogP contribution in [0.4, 0.5) is 5.82 Å². The topological polar surface area (TPSA) is 51.2 Å². The molecular formula is C11H8N2O2S. The first-order valence-electron chi connectivity index (χ1n) is 4.80. The number of ether oxygens (including phenoxy) is 1. The standard InChI is InChI=1S/C11H8N2O2S/c14-10-6-15-8-4-3-7(12-11(8)13-10)9-2-1-5-16-9/h1-5H,6H2,(H,12,13,14). The minimum absolute atomic E-state index is 0.0625. The molecule has 0 radical (unpaired) electrons. The van der Waals surface area contributed by atoms with Crippen LogP contribution in [0.2, 0.25) is 0 Å². The maximum atomic E-state index is 11.2. The number of rotatable bonds is 1. The van der Waals surface area contributed by atoms with Crippen molar-refractivity contribution in [3.05, 3.63) is 29.6 Å². The van der Waals surface area contributed by atoms with Crippen molar-refractivity contribution < 1.29 is 9.53 Å². The van der Waals surface area contributed by atoms with E-state index in [1.165, 1.54) is 0 Å². The Balaban J connectivity index is 2.04. The number of carbonyl (C=O) groups is 1. The van der Waals surface area contributed by atoms with E-state index >= 15 is 0 Å². The molecule has 0 aliphatic carbocycles. The average molecular weight is 232 g/mol. The molecule has 0 aromatic carbocycles. The van der Waals surface area contributed by atoms with Gasteiger partial charge in [-0.1, -0.05) is 6.07 Å². The summed E-state index contributed by atoms with van der Waals surface area (Å²) in [4.78, 5) is 16.6. The number of hydrogen-bond donors (Lipinski definition) is 1. The normalized spacial score (nSPS) is 13.9. The summed E-state index contributed by atoms with van der Waals surface area (Å²) in [5, 5.41) is 4.68. The molecule has 2 aromatic rings. The Hall–Kier alpha value is -1.88. The fraction of sp³-hybridized carbons (Fsp3) is 0.0909. The second-order valence-corrected chi connectivity index (χ2v) is 4.31. The summed E-state index contributed by atoms with van der Waals surface area (Å²) in [7, 11) is 0. The van der Waals surface area contributed by atoms with E-state index in [1.54, 1.807) is 11.3 Å². The molecule has 80 valence electrons. The molecule has 16 heavy (non-hydrogen) atoms. The fourth-order valence-corrected chi connectivity index (χ4v) is 2.22. The van der Waals surface area contributed by atoms with Crippen LogP contribution in [-0.4, -0.2) is 17.5 Å². The van der Waals surface area contributed by atoms with Crippen molar-refractivity contribution in [3.63, 3.8) is 0 Å². The lowest BCUT2D eigenvalue weighted by molar-refractivity contribution is -0.118. The van der Waals surface area contributed by atoms with E-state index in [4.69, 9.17) is 4.74 Å². The third-order valence-corrected chi connectivity index (χ3v) is 3.14. The molecule has 0 saturated heterocycles. The van der Waals surface area contributed by atoms with E-state index in [2.05, 4.69) is 10.3 Å². The van der Waals surface area contributed by atoms with Gasteiger partial charge in [0.1, 0.15) is 0 Å². The number of aromatic nitrogens is 1. The summed E-state index contributed by atoms with van der Waals surface area (Å²) in [6.07, 6.45) is 0. The number of thiophene rings is 1. The molecule has 1 aliphatic heterocycles. The summed E-state index contributed by atoms with van der Waals surface area (Å²) >= 11 is 1.61. The van der Waals surface area contributed by atoms with E-state index in [1.807, 2.05) is 29.6 Å². The van der Waals surface area contributed by atoms with Crippen LogP contribution in [0.15, 0.2) is 29.6 Å². The van der Waals surface area contributed by atoms with Crippen molar-refractivity contribution in [1.82, 2.24) is 4.98 Å². The highest BCUT2D eigenvalue weighted by molar-refractivity contribution is 7.13. The van der Waals surface area contributed by atoms with Crippen LogP contribution in [0, 0.1) is 0 Å². The van der Waals surface area contributed by atoms with Crippen LogP contribution in [-0.2, 0) is 4.79 Å². The smallest absolute Gasteiger partial charge is 0.263 e. The number of amides is 1. The molecule has 3 rings (SSSR count). The third-order valence-electron chi connectivity index (χ3n) is 2.25. The molecule has 3 heterocycles. The number of anilines is 1. The number of hydrogen-bond acceptors (Lipinski definition) is 4. The van der Waals surface area contributed by atoms with Gasteiger partial charge in [0.05, 0.1) is 10.6 Å². The van der Waals surface area contributed by atoms with Gasteiger partial charge in [0.25, 0.3) is 5.91 Å². The lowest BCUT2D eigenvalue weighted by Gasteiger charge is -2.16. The summed E-state index contributed by atoms with van der Waals surface area (Å²) in [6.45, 7) is 0.0625. The highest BCUT2D eigenvalue weighted by atomic mass is 32.1. The summed E-state index contributed by atoms with van der Waals surface area (Å²) in [5.41, 5.74) is 0.847. The molecular weight excluding hydrogens is 224 g/mol. The first kappa shape index (κ1) is 9.35. The first-order chi connectivity index (χ1) is 7.83. The summed E-state index contributed by atoms with van der Waals surface area (Å²) in [5.74, 6) is 0.963. The van der Waals surface area contributed by atoms with E-state index in [-0.39, 0.29) is 12.5 Å². The van der Waals surface area contributed by atoms with Crippen LogP contribution in [0.25, 0.3) is 10.6 Å². The Bertz CT molecular complexity index is 537. The van der Waals surface area contributed by atoms with Crippen LogP contribution in [0.5, 0.6) is 5.75 Å². The predicted molar refractivity (Wildman–Crippen MR) is 61.7 cm³/mol. The highest BCUT2D eigenvalue weighted by Gasteiger charge is 2.17. The fourth-order valence-electron chi connectivity index (χ4n) is 1.53. The Labute approximate surface area is 95.9 Å². The molecule has 0 bridgehead atoms. The largest absolute Gasteiger partial charge is 0.480 e. The van der Waals surface area contributed by atoms with Crippen LogP contribution in [0.3, 0.4) is 0 Å². The van der Waals surface area contributed by atoms with Gasteiger partial charge >= 0.3 is 0 Å². The molecule has 2 aromatic heterocycles. The van der Waals surface area contributed by atoms with Crippen molar-refractivity contribution in [2.45, 2.75) is 0 Å². The number of pyridine rings is 1. The lowest BCUT2D eigenvalue weighted by atomic mass is 10.3. The van der Waals surface area contributed by atoms with E-state index in [0.29, 0.717) is 11.6 Å². The molecule has 0 atom stereocenters. The highest BCUT2D eigenvalue weighted by Crippen LogP contribution is 2.30. The Kier molecular flexibility index (Phi) is 2.11. The molecule has 4 nitrogen and oxygen atoms in total. The van der Waals surface area contributed by atoms with E-state index in [9.17, 15) is 4.79 Å². The summed E-state index contributed by atoms with van der Waals surface area (Å²) < 4.78 is 5.24. The van der Waals surface area contributed by atoms with Crippen LogP contribution in [0.1, 0.15) is 0 Å². The molecule has 5 heteroatoms. The zero-order valence-corrected chi connectivity index (χ0v) is 9.08. The number of nitrogens with zero attached hydrogens (tertiary/aromatic N) is 1. The summed E-state index contributed by atoms with van der Waals surface area (Å²) in [6, 6.07) is 7.68. The van der Waals surface area contributed by atoms with Gasteiger partial charge in [-0.25, -0.2) is 4.98 Å². The minimum Gasteiger partial charge on any atom is -0.480 e. The van der Waals surface area contributed by atoms with Crippen molar-refractivity contribution >= 4 is 23.1 Å². The van der Waals surface area contributed by atoms with Gasteiger partial charge in [0.15, 0.2) is 18.2 Å². The molecule has 0 fully saturated rings. The number of carbonyl (C=O) groups excluding carboxylic acids is 1. The van der Waals surface area contributed by atoms with Crippen molar-refractivity contribution in [1.29, 1.82) is 0 Å². The lowest BCUT2D eigenvalue weighted by Crippen LogP contribution is -2.26. The van der Waals surface area contributed by atoms with Gasteiger partial charge in [-0.2, -0.15) is 0 Å². The van der Waals surface area contributed by atoms with Crippen molar-refractivity contribution in [2.75, 3.05) is 11.9 Å². The SMILES string of the molecule is O=C1COc2ccc(-c3cccs3)nc2N1. The maximum Gasteiger partial charge on any atom is 0.263 e. The molecule has 0 unspecified atom stereocenters. The van der Waals surface area contributed by atoms with Gasteiger partial charge in [-0.05, 0) is 23.6 Å². The number of fused-ring (bicyclic) bond motifs is 1. The second kappa shape index (κ2) is 3.61. The van der Waals surface area contributed by atoms with Gasteiger partial charge in [-0.15, -0.1) is 11.3 Å². The Morgan fingerprint density at radius 2 is 2.31 bits per heavy atom. The van der Waals surface area contributed by atoms with Gasteiger partial charge in [0.2, 0.25) is 0 Å². The predicted octanol–water partition coefficient (Wildman–Crippen LogP) is 2.14. The van der Waals surface area contributed by atoms with Gasteiger partial charge < -0.3 is 10.1 Å². The number of nitrogens with one attached hydrogen (secondary N) is 1. The van der Waals surface area contributed by atoms with Gasteiger partial charge in [0, 0.05) is 0 Å². The molecule has 1 aliphatic rings. The monoisotopic (exact) mass is 232 g/mol. The first-order valence-corrected chi connectivity index (χ1v) is 5.68. The average Bonchev–Trinajstić information content (AvgIpc) is 2.81. The Morgan fingerprint density at radius 3 is 3.12 bits per heavy atom. The van der Waals surface area contributed by atoms with Crippen LogP contribution < -0.4 is 10.1 Å². The van der Waals surface area contributed by atoms with Crippen LogP contribution >= 0.6 is 11.3 Å². The van der Waals surface area contributed by atoms with Crippen molar-refractivity contribution in [3.8, 4) is 16.3 Å². The quantitative estimate of drug-likeness (QED) is 0.819. The molecule has 1 amide bonds. The minimum atomic E-state index is -0.164. The van der Waals surface area contributed by atoms with E-state index < -0.39 is 0 Å². The zero-order valence-electron chi connectivity index (χ0n) is 8.27. The second-order valence-electron chi connectivity index (χ2n) is 3.36. The molecule has 1 N–H and O–H groups in total. The van der Waals surface area contributed by atoms with Crippen molar-refractivity contribution in [2.24, 2.45) is 0 Å². The maximum absolute atomic E-state index is 11.2.